The van der Waals surface area contributed by atoms with Crippen LogP contribution in [0.5, 0.6) is 16.7 Å². The fourth-order valence-corrected chi connectivity index (χ4v) is 2.34. The molecular weight excluding hydrogens is 232 g/mol. The largest absolute Gasteiger partial charge is 0.497 e. The van der Waals surface area contributed by atoms with Crippen LogP contribution in [0, 0.1) is 5.41 Å². The quantitative estimate of drug-likeness (QED) is 0.838. The molecule has 0 spiro atoms. The summed E-state index contributed by atoms with van der Waals surface area (Å²) in [5, 5.41) is 7.76. The molecule has 0 aliphatic heterocycles. The van der Waals surface area contributed by atoms with Crippen molar-refractivity contribution < 1.29 is 9.47 Å². The summed E-state index contributed by atoms with van der Waals surface area (Å²) in [5.41, 5.74) is 0. The van der Waals surface area contributed by atoms with Crippen molar-refractivity contribution in [1.29, 1.82) is 5.41 Å². The van der Waals surface area contributed by atoms with E-state index >= 15 is 0 Å². The average Bonchev–Trinajstić information content (AvgIpc) is 2.65. The molecule has 0 amide bonds. The first-order chi connectivity index (χ1) is 7.28. The molecule has 6 heteroatoms. The van der Waals surface area contributed by atoms with Gasteiger partial charge in [0.2, 0.25) is 4.80 Å². The molecule has 2 aromatic rings. The van der Waals surface area contributed by atoms with E-state index in [0.29, 0.717) is 10.9 Å². The van der Waals surface area contributed by atoms with Gasteiger partial charge in [-0.3, -0.25) is 5.41 Å². The topological polar surface area (TPSA) is 55.2 Å². The average molecular weight is 240 g/mol. The maximum absolute atomic E-state index is 7.26. The van der Waals surface area contributed by atoms with Crippen molar-refractivity contribution in [2.75, 3.05) is 7.11 Å². The zero-order valence-corrected chi connectivity index (χ0v) is 9.52. The van der Waals surface area contributed by atoms with E-state index in [2.05, 4.69) is 4.98 Å². The van der Waals surface area contributed by atoms with Crippen LogP contribution in [0.1, 0.15) is 0 Å². The van der Waals surface area contributed by atoms with E-state index in [1.807, 2.05) is 12.1 Å². The first-order valence-corrected chi connectivity index (χ1v) is 6.26. The summed E-state index contributed by atoms with van der Waals surface area (Å²) in [6.45, 7) is 0. The molecule has 4 nitrogen and oxygen atoms in total. The van der Waals surface area contributed by atoms with Gasteiger partial charge in [-0.05, 0) is 44.9 Å². The molecule has 0 aliphatic rings. The van der Waals surface area contributed by atoms with Crippen LogP contribution in [0.4, 0.5) is 0 Å². The Morgan fingerprint density at radius 3 is 2.33 bits per heavy atom. The third-order valence-electron chi connectivity index (χ3n) is 1.65. The molecule has 2 rings (SSSR count). The van der Waals surface area contributed by atoms with Crippen molar-refractivity contribution in [3.63, 3.8) is 0 Å². The summed E-state index contributed by atoms with van der Waals surface area (Å²) in [6.07, 6.45) is 0. The zero-order chi connectivity index (χ0) is 10.7. The van der Waals surface area contributed by atoms with Gasteiger partial charge in [-0.15, -0.1) is 0 Å². The highest BCUT2D eigenvalue weighted by atomic mass is 32.9. The normalized spacial score (nSPS) is 9.93. The first-order valence-electron chi connectivity index (χ1n) is 4.11. The third-order valence-corrected chi connectivity index (χ3v) is 3.45. The molecule has 0 fully saturated rings. The van der Waals surface area contributed by atoms with Crippen LogP contribution in [0.15, 0.2) is 24.3 Å². The third kappa shape index (κ3) is 2.54. The smallest absolute Gasteiger partial charge is 0.291 e. The molecular formula is C9H8N2O2S2. The zero-order valence-electron chi connectivity index (χ0n) is 7.89. The van der Waals surface area contributed by atoms with E-state index in [1.54, 1.807) is 19.2 Å². The van der Waals surface area contributed by atoms with Crippen molar-refractivity contribution in [2.24, 2.45) is 0 Å². The van der Waals surface area contributed by atoms with Gasteiger partial charge in [-0.25, -0.2) is 0 Å². The minimum Gasteiger partial charge on any atom is -0.497 e. The van der Waals surface area contributed by atoms with Gasteiger partial charge >= 0.3 is 0 Å². The fourth-order valence-electron chi connectivity index (χ4n) is 0.980. The summed E-state index contributed by atoms with van der Waals surface area (Å²) in [5.74, 6) is 1.47. The minimum absolute atomic E-state index is 0.267. The van der Waals surface area contributed by atoms with E-state index in [1.165, 1.54) is 20.7 Å². The van der Waals surface area contributed by atoms with Gasteiger partial charge in [0.1, 0.15) is 11.5 Å². The number of rotatable bonds is 3. The molecule has 1 N–H and O–H groups in total. The number of nitrogens with one attached hydrogen (secondary N) is 1. The highest BCUT2D eigenvalue weighted by Gasteiger charge is 2.01. The number of benzene rings is 1. The second-order valence-corrected chi connectivity index (χ2v) is 4.70. The van der Waals surface area contributed by atoms with Crippen molar-refractivity contribution in [2.45, 2.75) is 0 Å². The van der Waals surface area contributed by atoms with Gasteiger partial charge in [0.05, 0.1) is 7.11 Å². The Balaban J connectivity index is 2.14. The monoisotopic (exact) mass is 240 g/mol. The number of methoxy groups -OCH3 is 1. The molecule has 0 radical (unpaired) electrons. The van der Waals surface area contributed by atoms with Crippen LogP contribution >= 0.6 is 20.7 Å². The molecule has 0 unspecified atom stereocenters. The maximum atomic E-state index is 7.26. The lowest BCUT2D eigenvalue weighted by Crippen LogP contribution is -1.93. The number of hydrogen-bond acceptors (Lipinski definition) is 6. The number of aromatic nitrogens is 1. The summed E-state index contributed by atoms with van der Waals surface area (Å²) in [6, 6.07) is 7.23. The van der Waals surface area contributed by atoms with Crippen molar-refractivity contribution in [3.8, 4) is 16.7 Å². The molecule has 0 saturated carbocycles. The first kappa shape index (κ1) is 10.1. The maximum Gasteiger partial charge on any atom is 0.291 e. The van der Waals surface area contributed by atoms with E-state index in [9.17, 15) is 0 Å². The van der Waals surface area contributed by atoms with E-state index < -0.39 is 0 Å². The lowest BCUT2D eigenvalue weighted by atomic mass is 10.3. The molecule has 1 aromatic carbocycles. The summed E-state index contributed by atoms with van der Waals surface area (Å²) in [4.78, 5) is 4.17. The van der Waals surface area contributed by atoms with Crippen molar-refractivity contribution in [1.82, 2.24) is 4.98 Å². The Kier molecular flexibility index (Phi) is 2.98. The lowest BCUT2D eigenvalue weighted by molar-refractivity contribution is 0.412. The Labute approximate surface area is 93.7 Å². The number of ether oxygens (including phenoxy) is 2. The van der Waals surface area contributed by atoms with Crippen LogP contribution in [0.25, 0.3) is 0 Å². The summed E-state index contributed by atoms with van der Waals surface area (Å²) in [7, 11) is 4.24. The predicted molar refractivity (Wildman–Crippen MR) is 58.9 cm³/mol. The lowest BCUT2D eigenvalue weighted by Gasteiger charge is -2.02. The molecule has 1 aromatic heterocycles. The Hall–Kier alpha value is -1.40. The Bertz CT molecular complexity index is 489. The van der Waals surface area contributed by atoms with Crippen molar-refractivity contribution in [3.05, 3.63) is 29.1 Å². The Morgan fingerprint density at radius 2 is 1.80 bits per heavy atom. The highest BCUT2D eigenvalue weighted by Crippen LogP contribution is 2.25. The van der Waals surface area contributed by atoms with E-state index in [4.69, 9.17) is 14.9 Å². The van der Waals surface area contributed by atoms with Gasteiger partial charge in [-0.2, -0.15) is 4.98 Å². The van der Waals surface area contributed by atoms with Crippen molar-refractivity contribution >= 4 is 20.7 Å². The Morgan fingerprint density at radius 1 is 1.13 bits per heavy atom. The number of nitrogens with zero attached hydrogens (tertiary/aromatic N) is 1. The van der Waals surface area contributed by atoms with Gasteiger partial charge in [0, 0.05) is 0 Å². The molecule has 0 aliphatic carbocycles. The van der Waals surface area contributed by atoms with Gasteiger partial charge in [0.15, 0.2) is 0 Å². The molecule has 1 heterocycles. The minimum atomic E-state index is 0.267. The van der Waals surface area contributed by atoms with E-state index in [-0.39, 0.29) is 4.80 Å². The summed E-state index contributed by atoms with van der Waals surface area (Å²) < 4.78 is 10.5. The fraction of sp³-hybridized carbons (Fsp3) is 0.111. The van der Waals surface area contributed by atoms with Crippen LogP contribution in [-0.4, -0.2) is 12.1 Å². The van der Waals surface area contributed by atoms with Crippen LogP contribution in [0.2, 0.25) is 0 Å². The van der Waals surface area contributed by atoms with E-state index in [0.717, 1.165) is 5.75 Å². The molecule has 0 atom stereocenters. The molecule has 78 valence electrons. The summed E-state index contributed by atoms with van der Waals surface area (Å²) >= 11 is 0. The van der Waals surface area contributed by atoms with Crippen LogP contribution < -0.4 is 14.3 Å². The second kappa shape index (κ2) is 4.41. The van der Waals surface area contributed by atoms with Crippen LogP contribution in [0.3, 0.4) is 0 Å². The molecule has 0 saturated heterocycles. The highest BCUT2D eigenvalue weighted by molar-refractivity contribution is 7.68. The van der Waals surface area contributed by atoms with Gasteiger partial charge < -0.3 is 9.47 Å². The number of hydrogen-bond donors (Lipinski definition) is 1. The van der Waals surface area contributed by atoms with Crippen LogP contribution in [-0.2, 0) is 0 Å². The second-order valence-electron chi connectivity index (χ2n) is 2.63. The molecule has 0 bridgehead atoms. The standard InChI is InChI=1S/C9H8N2O2S2/c1-12-6-2-4-7(5-3-6)13-9-11-8(10)14-15-9/h2-5,10H,1H3. The van der Waals surface area contributed by atoms with Gasteiger partial charge in [0.25, 0.3) is 5.19 Å². The SMILES string of the molecule is COc1ccc(Oc2nc(=N)ss2)cc1. The predicted octanol–water partition coefficient (Wildman–Crippen LogP) is 2.48. The van der Waals surface area contributed by atoms with Gasteiger partial charge in [-0.1, -0.05) is 0 Å². The molecule has 15 heavy (non-hydrogen) atoms.